The van der Waals surface area contributed by atoms with Crippen molar-refractivity contribution in [2.24, 2.45) is 0 Å². The number of benzene rings is 1. The van der Waals surface area contributed by atoms with E-state index in [1.807, 2.05) is 32.2 Å². The average Bonchev–Trinajstić information content (AvgIpc) is 2.73. The van der Waals surface area contributed by atoms with Gasteiger partial charge in [-0.05, 0) is 49.2 Å². The van der Waals surface area contributed by atoms with Gasteiger partial charge in [-0.1, -0.05) is 42.5 Å². The largest absolute Gasteiger partial charge is 0.389 e. The number of aldehydes is 1. The normalized spacial score (nSPS) is 18.1. The third kappa shape index (κ3) is 8.13. The molecule has 30 heavy (non-hydrogen) atoms. The highest BCUT2D eigenvalue weighted by atomic mass is 35.5. The number of nitrogens with one attached hydrogen (secondary N) is 1. The topological polar surface area (TPSA) is 61.8 Å². The molecule has 1 aromatic carbocycles. The maximum absolute atomic E-state index is 13.6. The van der Waals surface area contributed by atoms with Crippen molar-refractivity contribution in [3.63, 3.8) is 0 Å². The second kappa shape index (κ2) is 14.2. The third-order valence-electron chi connectivity index (χ3n) is 4.64. The quantitative estimate of drug-likeness (QED) is 0.351. The molecule has 0 aliphatic carbocycles. The summed E-state index contributed by atoms with van der Waals surface area (Å²) in [4.78, 5) is 12.0. The first kappa shape index (κ1) is 26.2. The Hall–Kier alpha value is -1.83. The molecule has 7 heteroatoms. The molecule has 2 N–H and O–H groups in total. The van der Waals surface area contributed by atoms with Crippen molar-refractivity contribution < 1.29 is 19.0 Å². The fraction of sp³-hybridized carbons (Fsp3) is 0.435. The zero-order valence-corrected chi connectivity index (χ0v) is 18.7. The molecule has 0 fully saturated rings. The summed E-state index contributed by atoms with van der Waals surface area (Å²) in [6.45, 7) is 7.58. The molecule has 1 aliphatic heterocycles. The van der Waals surface area contributed by atoms with Crippen LogP contribution in [0.15, 0.2) is 53.6 Å². The van der Waals surface area contributed by atoms with E-state index in [-0.39, 0.29) is 18.4 Å². The summed E-state index contributed by atoms with van der Waals surface area (Å²) in [5.74, 6) is -0.210. The first-order chi connectivity index (χ1) is 14.4. The van der Waals surface area contributed by atoms with Crippen molar-refractivity contribution >= 4 is 17.9 Å². The highest BCUT2D eigenvalue weighted by molar-refractivity contribution is 6.31. The molecule has 0 spiro atoms. The molecule has 0 bridgehead atoms. The Labute approximate surface area is 183 Å². The zero-order chi connectivity index (χ0) is 22.5. The highest BCUT2D eigenvalue weighted by Gasteiger charge is 2.28. The smallest absolute Gasteiger partial charge is 0.133 e. The Balaban J connectivity index is 0.000000382. The van der Waals surface area contributed by atoms with E-state index in [0.717, 1.165) is 30.4 Å². The fourth-order valence-corrected chi connectivity index (χ4v) is 3.44. The number of hydrogen-bond acceptors (Lipinski definition) is 5. The summed E-state index contributed by atoms with van der Waals surface area (Å²) < 4.78 is 18.3. The molecular formula is C23H32ClFN2O3. The molecule has 1 heterocycles. The zero-order valence-electron chi connectivity index (χ0n) is 17.9. The van der Waals surface area contributed by atoms with Crippen LogP contribution in [0, 0.1) is 5.82 Å². The number of hydrogen-bond donors (Lipinski definition) is 2. The maximum atomic E-state index is 13.6. The van der Waals surface area contributed by atoms with Gasteiger partial charge in [0.05, 0.1) is 25.3 Å². The number of rotatable bonds is 9. The molecule has 0 saturated heterocycles. The van der Waals surface area contributed by atoms with Crippen LogP contribution in [0.3, 0.4) is 0 Å². The predicted octanol–water partition coefficient (Wildman–Crippen LogP) is 3.39. The predicted molar refractivity (Wildman–Crippen MR) is 120 cm³/mol. The van der Waals surface area contributed by atoms with E-state index in [1.165, 1.54) is 18.7 Å². The standard InChI is InChI=1S/C17H19ClFN.C6H13NO3/c1-4-6-14(16(18)5-2)17-15-11-13(19)8-7-12(15)9-10-20(17)3;1-10-5-6(9)4-7-2-3-8/h4-8,11,17H,2,9-10H2,1,3H3;3,6-7,9H,2,4-5H2,1H3/b6-4-,16-14-;. The van der Waals surface area contributed by atoms with Gasteiger partial charge in [0.15, 0.2) is 0 Å². The summed E-state index contributed by atoms with van der Waals surface area (Å²) in [6, 6.07) is 4.98. The molecule has 2 atom stereocenters. The number of fused-ring (bicyclic) bond motifs is 1. The molecule has 2 rings (SSSR count). The first-order valence-corrected chi connectivity index (χ1v) is 10.2. The lowest BCUT2D eigenvalue weighted by atomic mass is 9.87. The number of aliphatic hydroxyl groups is 1. The maximum Gasteiger partial charge on any atom is 0.133 e. The minimum Gasteiger partial charge on any atom is -0.389 e. The van der Waals surface area contributed by atoms with Crippen molar-refractivity contribution in [1.82, 2.24) is 10.2 Å². The number of methoxy groups -OCH3 is 1. The van der Waals surface area contributed by atoms with Crippen LogP contribution in [-0.2, 0) is 16.0 Å². The average molecular weight is 439 g/mol. The lowest BCUT2D eigenvalue weighted by molar-refractivity contribution is -0.107. The van der Waals surface area contributed by atoms with E-state index < -0.39 is 6.10 Å². The number of allylic oxidation sites excluding steroid dienone is 3. The van der Waals surface area contributed by atoms with Crippen LogP contribution in [0.1, 0.15) is 24.1 Å². The Morgan fingerprint density at radius 1 is 1.53 bits per heavy atom. The minimum atomic E-state index is -0.523. The van der Waals surface area contributed by atoms with Gasteiger partial charge < -0.3 is 20.0 Å². The molecule has 0 aromatic heterocycles. The summed E-state index contributed by atoms with van der Waals surface area (Å²) in [5.41, 5.74) is 3.13. The van der Waals surface area contributed by atoms with Crippen LogP contribution in [0.4, 0.5) is 4.39 Å². The second-order valence-corrected chi connectivity index (χ2v) is 7.32. The van der Waals surface area contributed by atoms with Crippen molar-refractivity contribution in [2.45, 2.75) is 25.5 Å². The Kier molecular flexibility index (Phi) is 12.4. The van der Waals surface area contributed by atoms with E-state index in [9.17, 15) is 9.18 Å². The summed E-state index contributed by atoms with van der Waals surface area (Å²) in [5, 5.41) is 12.3. The number of aliphatic hydroxyl groups excluding tert-OH is 1. The van der Waals surface area contributed by atoms with Crippen LogP contribution < -0.4 is 5.32 Å². The first-order valence-electron chi connectivity index (χ1n) is 9.84. The van der Waals surface area contributed by atoms with Crippen LogP contribution in [-0.4, -0.2) is 62.8 Å². The number of likely N-dealkylation sites (N-methyl/N-ethyl adjacent to an activating group) is 1. The summed E-state index contributed by atoms with van der Waals surface area (Å²) in [6.07, 6.45) is 6.72. The second-order valence-electron chi connectivity index (χ2n) is 6.92. The van der Waals surface area contributed by atoms with Crippen LogP contribution in [0.25, 0.3) is 0 Å². The molecule has 0 amide bonds. The van der Waals surface area contributed by atoms with E-state index in [2.05, 4.69) is 21.5 Å². The van der Waals surface area contributed by atoms with Crippen LogP contribution in [0.2, 0.25) is 0 Å². The van der Waals surface area contributed by atoms with E-state index in [4.69, 9.17) is 16.7 Å². The van der Waals surface area contributed by atoms with Gasteiger partial charge in [-0.15, -0.1) is 0 Å². The van der Waals surface area contributed by atoms with Crippen LogP contribution in [0.5, 0.6) is 0 Å². The van der Waals surface area contributed by atoms with Crippen molar-refractivity contribution in [2.75, 3.05) is 40.4 Å². The van der Waals surface area contributed by atoms with E-state index in [1.54, 1.807) is 12.1 Å². The summed E-state index contributed by atoms with van der Waals surface area (Å²) >= 11 is 6.30. The Morgan fingerprint density at radius 2 is 2.27 bits per heavy atom. The number of nitrogens with zero attached hydrogens (tertiary/aromatic N) is 1. The lowest BCUT2D eigenvalue weighted by Crippen LogP contribution is -2.33. The van der Waals surface area contributed by atoms with Gasteiger partial charge in [0, 0.05) is 25.2 Å². The van der Waals surface area contributed by atoms with Gasteiger partial charge in [0.25, 0.3) is 0 Å². The molecule has 5 nitrogen and oxygen atoms in total. The number of carbonyl (C=O) groups excluding carboxylic acids is 1. The monoisotopic (exact) mass is 438 g/mol. The third-order valence-corrected chi connectivity index (χ3v) is 5.01. The van der Waals surface area contributed by atoms with Gasteiger partial charge in [0.1, 0.15) is 12.1 Å². The number of ether oxygens (including phenoxy) is 1. The molecule has 1 aromatic rings. The SMILES string of the molecule is C=C/C(Cl)=C(\C=C/C)C1c2cc(F)ccc2CCN1C.COCC(O)CNCC=O. The Morgan fingerprint density at radius 3 is 2.87 bits per heavy atom. The molecular weight excluding hydrogens is 407 g/mol. The minimum absolute atomic E-state index is 0.0313. The summed E-state index contributed by atoms with van der Waals surface area (Å²) in [7, 11) is 3.55. The van der Waals surface area contributed by atoms with E-state index in [0.29, 0.717) is 18.2 Å². The fourth-order valence-electron chi connectivity index (χ4n) is 3.28. The van der Waals surface area contributed by atoms with Crippen LogP contribution >= 0.6 is 11.6 Å². The molecule has 2 unspecified atom stereocenters. The van der Waals surface area contributed by atoms with Crippen molar-refractivity contribution in [3.8, 4) is 0 Å². The van der Waals surface area contributed by atoms with Gasteiger partial charge in [0.2, 0.25) is 0 Å². The van der Waals surface area contributed by atoms with Gasteiger partial charge in [-0.25, -0.2) is 4.39 Å². The Bertz CT molecular complexity index is 752. The molecule has 1 aliphatic rings. The highest BCUT2D eigenvalue weighted by Crippen LogP contribution is 2.37. The van der Waals surface area contributed by atoms with E-state index >= 15 is 0 Å². The lowest BCUT2D eigenvalue weighted by Gasteiger charge is -2.36. The molecule has 166 valence electrons. The van der Waals surface area contributed by atoms with Gasteiger partial charge in [-0.3, -0.25) is 4.90 Å². The molecule has 0 radical (unpaired) electrons. The molecule has 0 saturated carbocycles. The van der Waals surface area contributed by atoms with Gasteiger partial charge >= 0.3 is 0 Å². The number of carbonyl (C=O) groups is 1. The van der Waals surface area contributed by atoms with Crippen molar-refractivity contribution in [1.29, 1.82) is 0 Å². The van der Waals surface area contributed by atoms with Crippen molar-refractivity contribution in [3.05, 3.63) is 70.6 Å². The van der Waals surface area contributed by atoms with Gasteiger partial charge in [-0.2, -0.15) is 0 Å². The number of halogens is 2.